The third-order valence-corrected chi connectivity index (χ3v) is 11.9. The lowest BCUT2D eigenvalue weighted by Crippen LogP contribution is -2.61. The van der Waals surface area contributed by atoms with E-state index in [4.69, 9.17) is 5.73 Å². The van der Waals surface area contributed by atoms with Crippen molar-refractivity contribution in [2.24, 2.45) is 58.0 Å². The zero-order valence-corrected chi connectivity index (χ0v) is 23.3. The number of aliphatic hydroxyl groups is 1. The Morgan fingerprint density at radius 3 is 2.32 bits per heavy atom. The van der Waals surface area contributed by atoms with Crippen molar-refractivity contribution in [3.8, 4) is 0 Å². The van der Waals surface area contributed by atoms with Crippen LogP contribution in [0.3, 0.4) is 0 Å². The van der Waals surface area contributed by atoms with Gasteiger partial charge in [-0.1, -0.05) is 53.9 Å². The molecule has 0 aromatic rings. The van der Waals surface area contributed by atoms with Crippen LogP contribution in [0.2, 0.25) is 0 Å². The molecule has 0 aromatic heterocycles. The van der Waals surface area contributed by atoms with Gasteiger partial charge in [0.2, 0.25) is 0 Å². The highest BCUT2D eigenvalue weighted by atomic mass is 16.3. The number of aliphatic hydroxyl groups excluding tert-OH is 1. The first kappa shape index (κ1) is 26.9. The summed E-state index contributed by atoms with van der Waals surface area (Å²) in [5.74, 6) is 5.98. The molecule has 0 bridgehead atoms. The second kappa shape index (κ2) is 11.1. The van der Waals surface area contributed by atoms with Gasteiger partial charge in [0, 0.05) is 6.04 Å². The molecule has 3 nitrogen and oxygen atoms in total. The lowest BCUT2D eigenvalue weighted by Gasteiger charge is -2.63. The van der Waals surface area contributed by atoms with Gasteiger partial charge in [0.1, 0.15) is 0 Å². The van der Waals surface area contributed by atoms with Crippen LogP contribution in [0.4, 0.5) is 0 Å². The summed E-state index contributed by atoms with van der Waals surface area (Å²) < 4.78 is 0. The highest BCUT2D eigenvalue weighted by molar-refractivity contribution is 5.12. The molecule has 4 aliphatic carbocycles. The molecule has 0 spiro atoms. The zero-order valence-electron chi connectivity index (χ0n) is 23.3. The molecule has 0 heterocycles. The topological polar surface area (TPSA) is 58.3 Å². The molecule has 198 valence electrons. The molecule has 4 saturated carbocycles. The van der Waals surface area contributed by atoms with Crippen molar-refractivity contribution in [2.45, 2.75) is 130 Å². The van der Waals surface area contributed by atoms with E-state index in [1.54, 1.807) is 0 Å². The van der Waals surface area contributed by atoms with Crippen molar-refractivity contribution in [1.82, 2.24) is 5.32 Å². The van der Waals surface area contributed by atoms with Crippen molar-refractivity contribution in [3.63, 3.8) is 0 Å². The molecule has 4 N–H and O–H groups in total. The third kappa shape index (κ3) is 5.14. The Morgan fingerprint density at radius 1 is 0.853 bits per heavy atom. The van der Waals surface area contributed by atoms with E-state index >= 15 is 0 Å². The molecule has 0 radical (unpaired) electrons. The zero-order chi connectivity index (χ0) is 24.5. The molecule has 10 atom stereocenters. The van der Waals surface area contributed by atoms with E-state index in [0.29, 0.717) is 22.8 Å². The van der Waals surface area contributed by atoms with E-state index in [2.05, 4.69) is 39.9 Å². The molecule has 3 heteroatoms. The summed E-state index contributed by atoms with van der Waals surface area (Å²) in [6, 6.07) is 0.587. The Bertz CT molecular complexity index is 651. The molecular formula is C31H58N2O. The summed E-state index contributed by atoms with van der Waals surface area (Å²) in [6.45, 7) is 14.6. The first-order chi connectivity index (χ1) is 16.2. The van der Waals surface area contributed by atoms with E-state index in [1.165, 1.54) is 64.2 Å². The number of nitrogens with one attached hydrogen (secondary N) is 1. The second-order valence-electron chi connectivity index (χ2n) is 14.2. The fourth-order valence-corrected chi connectivity index (χ4v) is 10.1. The van der Waals surface area contributed by atoms with Crippen LogP contribution in [-0.2, 0) is 0 Å². The molecule has 0 aromatic carbocycles. The SMILES string of the molecule is CC(C)CCCC(C)C1CCC2C3CC(NCCCCN)C4CC(O)CCC4(C)C3CCC12C. The summed E-state index contributed by atoms with van der Waals surface area (Å²) in [5, 5.41) is 14.7. The van der Waals surface area contributed by atoms with Gasteiger partial charge < -0.3 is 16.2 Å². The number of unbranched alkanes of at least 4 members (excludes halogenated alkanes) is 1. The Hall–Kier alpha value is -0.120. The Kier molecular flexibility index (Phi) is 8.79. The van der Waals surface area contributed by atoms with Gasteiger partial charge in [-0.3, -0.25) is 0 Å². The fourth-order valence-electron chi connectivity index (χ4n) is 10.1. The number of rotatable bonds is 10. The summed E-state index contributed by atoms with van der Waals surface area (Å²) in [6.07, 6.45) is 16.9. The highest BCUT2D eigenvalue weighted by Crippen LogP contribution is 2.68. The van der Waals surface area contributed by atoms with Gasteiger partial charge in [-0.05, 0) is 130 Å². The van der Waals surface area contributed by atoms with E-state index in [-0.39, 0.29) is 6.10 Å². The average molecular weight is 475 g/mol. The quantitative estimate of drug-likeness (QED) is 0.306. The second-order valence-corrected chi connectivity index (χ2v) is 14.2. The van der Waals surface area contributed by atoms with Crippen LogP contribution in [0.15, 0.2) is 0 Å². The van der Waals surface area contributed by atoms with Crippen molar-refractivity contribution >= 4 is 0 Å². The lowest BCUT2D eigenvalue weighted by atomic mass is 9.43. The summed E-state index contributed by atoms with van der Waals surface area (Å²) in [4.78, 5) is 0. The Morgan fingerprint density at radius 2 is 1.59 bits per heavy atom. The predicted octanol–water partition coefficient (Wildman–Crippen LogP) is 6.78. The minimum atomic E-state index is -0.0839. The monoisotopic (exact) mass is 474 g/mol. The van der Waals surface area contributed by atoms with Gasteiger partial charge in [-0.2, -0.15) is 0 Å². The first-order valence-electron chi connectivity index (χ1n) is 15.3. The maximum atomic E-state index is 10.6. The van der Waals surface area contributed by atoms with Gasteiger partial charge in [-0.15, -0.1) is 0 Å². The van der Waals surface area contributed by atoms with Gasteiger partial charge in [0.25, 0.3) is 0 Å². The van der Waals surface area contributed by atoms with Crippen LogP contribution in [0.1, 0.15) is 118 Å². The molecule has 4 rings (SSSR count). The van der Waals surface area contributed by atoms with Crippen LogP contribution in [0.5, 0.6) is 0 Å². The summed E-state index contributed by atoms with van der Waals surface area (Å²) in [5.41, 5.74) is 6.74. The van der Waals surface area contributed by atoms with Gasteiger partial charge >= 0.3 is 0 Å². The Labute approximate surface area is 211 Å². The molecule has 34 heavy (non-hydrogen) atoms. The number of hydrogen-bond donors (Lipinski definition) is 3. The maximum absolute atomic E-state index is 10.6. The minimum absolute atomic E-state index is 0.0839. The van der Waals surface area contributed by atoms with Gasteiger partial charge in [0.15, 0.2) is 0 Å². The standard InChI is InChI=1S/C31H58N2O/c1-21(2)9-8-10-22(3)25-11-12-26-24-20-29(33-18-7-6-17-32)28-19-23(34)13-15-31(28,5)27(24)14-16-30(25,26)4/h21-29,33-34H,6-20,32H2,1-5H3. The molecule has 4 fully saturated rings. The fraction of sp³-hybridized carbons (Fsp3) is 1.00. The average Bonchev–Trinajstić information content (AvgIpc) is 3.14. The lowest BCUT2D eigenvalue weighted by molar-refractivity contribution is -0.141. The van der Waals surface area contributed by atoms with E-state index in [0.717, 1.165) is 67.9 Å². The molecule has 4 aliphatic rings. The van der Waals surface area contributed by atoms with Crippen LogP contribution in [-0.4, -0.2) is 30.3 Å². The van der Waals surface area contributed by atoms with E-state index in [1.807, 2.05) is 0 Å². The smallest absolute Gasteiger partial charge is 0.0543 e. The van der Waals surface area contributed by atoms with Crippen molar-refractivity contribution in [2.75, 3.05) is 13.1 Å². The van der Waals surface area contributed by atoms with Gasteiger partial charge in [0.05, 0.1) is 6.10 Å². The molecule has 0 aliphatic heterocycles. The van der Waals surface area contributed by atoms with E-state index < -0.39 is 0 Å². The molecular weight excluding hydrogens is 416 g/mol. The van der Waals surface area contributed by atoms with Crippen molar-refractivity contribution in [3.05, 3.63) is 0 Å². The molecule has 0 saturated heterocycles. The number of hydrogen-bond acceptors (Lipinski definition) is 3. The van der Waals surface area contributed by atoms with Crippen LogP contribution >= 0.6 is 0 Å². The molecule has 0 amide bonds. The van der Waals surface area contributed by atoms with Crippen molar-refractivity contribution in [1.29, 1.82) is 0 Å². The Balaban J connectivity index is 1.50. The maximum Gasteiger partial charge on any atom is 0.0543 e. The number of nitrogens with two attached hydrogens (primary N) is 1. The van der Waals surface area contributed by atoms with Crippen LogP contribution in [0.25, 0.3) is 0 Å². The minimum Gasteiger partial charge on any atom is -0.393 e. The first-order valence-corrected chi connectivity index (χ1v) is 15.3. The van der Waals surface area contributed by atoms with Gasteiger partial charge in [-0.25, -0.2) is 0 Å². The number of fused-ring (bicyclic) bond motifs is 5. The summed E-state index contributed by atoms with van der Waals surface area (Å²) >= 11 is 0. The van der Waals surface area contributed by atoms with Crippen LogP contribution < -0.4 is 11.1 Å². The predicted molar refractivity (Wildman–Crippen MR) is 145 cm³/mol. The largest absolute Gasteiger partial charge is 0.393 e. The van der Waals surface area contributed by atoms with Crippen LogP contribution in [0, 0.1) is 52.3 Å². The normalized spacial score (nSPS) is 45.0. The highest BCUT2D eigenvalue weighted by Gasteiger charge is 2.62. The van der Waals surface area contributed by atoms with E-state index in [9.17, 15) is 5.11 Å². The molecule has 10 unspecified atom stereocenters. The van der Waals surface area contributed by atoms with Crippen molar-refractivity contribution < 1.29 is 5.11 Å². The third-order valence-electron chi connectivity index (χ3n) is 11.9. The summed E-state index contributed by atoms with van der Waals surface area (Å²) in [7, 11) is 0.